The van der Waals surface area contributed by atoms with E-state index in [1.54, 1.807) is 6.07 Å². The van der Waals surface area contributed by atoms with Crippen molar-refractivity contribution in [2.45, 2.75) is 19.4 Å². The molecule has 3 aliphatic heterocycles. The van der Waals surface area contributed by atoms with Gasteiger partial charge in [0.25, 0.3) is 0 Å². The molecule has 6 nitrogen and oxygen atoms in total. The number of hydrogen-bond donors (Lipinski definition) is 1. The molecule has 1 amide bonds. The Morgan fingerprint density at radius 3 is 2.87 bits per heavy atom. The van der Waals surface area contributed by atoms with Crippen LogP contribution in [0.2, 0.25) is 0 Å². The average Bonchev–Trinajstić information content (AvgIpc) is 3.23. The van der Waals surface area contributed by atoms with E-state index in [-0.39, 0.29) is 17.6 Å². The summed E-state index contributed by atoms with van der Waals surface area (Å²) in [5.41, 5.74) is 2.50. The number of thiophene rings is 1. The monoisotopic (exact) mass is 423 g/mol. The molecule has 1 saturated heterocycles. The number of piperazine rings is 1. The minimum absolute atomic E-state index is 0.0706. The molecule has 30 heavy (non-hydrogen) atoms. The third kappa shape index (κ3) is 3.48. The van der Waals surface area contributed by atoms with Crippen molar-refractivity contribution in [1.82, 2.24) is 4.90 Å². The normalized spacial score (nSPS) is 21.3. The molecule has 0 spiro atoms. The van der Waals surface area contributed by atoms with Crippen LogP contribution in [0.25, 0.3) is 0 Å². The SMILES string of the molecule is N#Cc1ccc(N2CCN(Cc3cc(F)c4c(c3)NC(=O)C3CCCN=C43)CC2)s1. The highest BCUT2D eigenvalue weighted by atomic mass is 32.1. The molecule has 0 bridgehead atoms. The summed E-state index contributed by atoms with van der Waals surface area (Å²) in [7, 11) is 0. The Kier molecular flexibility index (Phi) is 5.01. The highest BCUT2D eigenvalue weighted by Gasteiger charge is 2.35. The second-order valence-corrected chi connectivity index (χ2v) is 9.03. The van der Waals surface area contributed by atoms with Crippen LogP contribution in [0, 0.1) is 23.1 Å². The highest BCUT2D eigenvalue weighted by Crippen LogP contribution is 2.34. The van der Waals surface area contributed by atoms with Crippen LogP contribution >= 0.6 is 11.3 Å². The van der Waals surface area contributed by atoms with E-state index in [0.29, 0.717) is 30.1 Å². The Balaban J connectivity index is 1.29. The van der Waals surface area contributed by atoms with Crippen LogP contribution < -0.4 is 10.2 Å². The first-order valence-corrected chi connectivity index (χ1v) is 11.1. The zero-order valence-corrected chi connectivity index (χ0v) is 17.3. The second-order valence-electron chi connectivity index (χ2n) is 7.96. The lowest BCUT2D eigenvalue weighted by atomic mass is 9.85. The quantitative estimate of drug-likeness (QED) is 0.823. The molecule has 1 N–H and O–H groups in total. The van der Waals surface area contributed by atoms with Crippen LogP contribution in [0.5, 0.6) is 0 Å². The van der Waals surface area contributed by atoms with Gasteiger partial charge < -0.3 is 10.2 Å². The Labute approximate surface area is 178 Å². The first-order chi connectivity index (χ1) is 14.6. The molecule has 3 aliphatic rings. The zero-order valence-electron chi connectivity index (χ0n) is 16.5. The van der Waals surface area contributed by atoms with Gasteiger partial charge in [0.2, 0.25) is 5.91 Å². The van der Waals surface area contributed by atoms with Gasteiger partial charge in [-0.05, 0) is 42.7 Å². The molecule has 0 aliphatic carbocycles. The molecule has 4 heterocycles. The van der Waals surface area contributed by atoms with Crippen molar-refractivity contribution >= 4 is 33.6 Å². The molecule has 1 atom stereocenters. The number of benzene rings is 1. The van der Waals surface area contributed by atoms with Gasteiger partial charge in [-0.15, -0.1) is 11.3 Å². The van der Waals surface area contributed by atoms with Crippen LogP contribution in [0.3, 0.4) is 0 Å². The zero-order chi connectivity index (χ0) is 20.7. The van der Waals surface area contributed by atoms with E-state index in [1.165, 1.54) is 11.3 Å². The predicted molar refractivity (Wildman–Crippen MR) is 116 cm³/mol. The average molecular weight is 424 g/mol. The maximum atomic E-state index is 15.0. The number of nitrogens with zero attached hydrogens (tertiary/aromatic N) is 4. The summed E-state index contributed by atoms with van der Waals surface area (Å²) in [4.78, 5) is 22.2. The highest BCUT2D eigenvalue weighted by molar-refractivity contribution is 7.16. The van der Waals surface area contributed by atoms with E-state index in [0.717, 1.165) is 54.5 Å². The number of fused-ring (bicyclic) bond motifs is 3. The fraction of sp³-hybridized carbons (Fsp3) is 0.409. The molecule has 1 aromatic heterocycles. The summed E-state index contributed by atoms with van der Waals surface area (Å²) in [5, 5.41) is 13.0. The topological polar surface area (TPSA) is 71.7 Å². The van der Waals surface area contributed by atoms with Crippen molar-refractivity contribution in [3.8, 4) is 6.07 Å². The molecule has 1 fully saturated rings. The van der Waals surface area contributed by atoms with Crippen LogP contribution in [0.1, 0.15) is 28.8 Å². The maximum Gasteiger partial charge on any atom is 0.233 e. The van der Waals surface area contributed by atoms with E-state index >= 15 is 4.39 Å². The molecule has 154 valence electrons. The summed E-state index contributed by atoms with van der Waals surface area (Å²) >= 11 is 1.52. The minimum Gasteiger partial charge on any atom is -0.361 e. The molecular formula is C22H22FN5OS. The van der Waals surface area contributed by atoms with E-state index in [9.17, 15) is 4.79 Å². The van der Waals surface area contributed by atoms with Gasteiger partial charge in [-0.2, -0.15) is 5.26 Å². The van der Waals surface area contributed by atoms with Gasteiger partial charge in [0, 0.05) is 39.3 Å². The molecular weight excluding hydrogens is 401 g/mol. The Morgan fingerprint density at radius 1 is 1.27 bits per heavy atom. The van der Waals surface area contributed by atoms with E-state index in [2.05, 4.69) is 26.2 Å². The van der Waals surface area contributed by atoms with Gasteiger partial charge in [0.05, 0.1) is 27.9 Å². The van der Waals surface area contributed by atoms with E-state index in [1.807, 2.05) is 18.2 Å². The fourth-order valence-electron chi connectivity index (χ4n) is 4.53. The van der Waals surface area contributed by atoms with E-state index < -0.39 is 0 Å². The second kappa shape index (κ2) is 7.82. The lowest BCUT2D eigenvalue weighted by Gasteiger charge is -2.35. The number of halogens is 1. The van der Waals surface area contributed by atoms with Crippen molar-refractivity contribution < 1.29 is 9.18 Å². The minimum atomic E-state index is -0.321. The Hall–Kier alpha value is -2.76. The van der Waals surface area contributed by atoms with Gasteiger partial charge in [-0.1, -0.05) is 0 Å². The summed E-state index contributed by atoms with van der Waals surface area (Å²) < 4.78 is 15.0. The third-order valence-electron chi connectivity index (χ3n) is 6.04. The summed E-state index contributed by atoms with van der Waals surface area (Å²) in [5.74, 6) is -0.688. The number of aliphatic imine (C=N–C) groups is 1. The molecule has 2 aromatic rings. The van der Waals surface area contributed by atoms with Crippen LogP contribution in [-0.2, 0) is 11.3 Å². The first kappa shape index (κ1) is 19.2. The van der Waals surface area contributed by atoms with Gasteiger partial charge in [-0.25, -0.2) is 4.39 Å². The number of hydrogen-bond acceptors (Lipinski definition) is 6. The van der Waals surface area contributed by atoms with Crippen molar-refractivity contribution in [3.63, 3.8) is 0 Å². The predicted octanol–water partition coefficient (Wildman–Crippen LogP) is 3.23. The van der Waals surface area contributed by atoms with Crippen molar-refractivity contribution in [1.29, 1.82) is 5.26 Å². The van der Waals surface area contributed by atoms with Crippen LogP contribution in [-0.4, -0.2) is 49.2 Å². The van der Waals surface area contributed by atoms with Crippen molar-refractivity contribution in [2.75, 3.05) is 42.9 Å². The number of rotatable bonds is 3. The number of amides is 1. The van der Waals surface area contributed by atoms with Gasteiger partial charge >= 0.3 is 0 Å². The number of anilines is 2. The van der Waals surface area contributed by atoms with Crippen molar-refractivity contribution in [2.24, 2.45) is 10.9 Å². The number of nitrogens with one attached hydrogen (secondary N) is 1. The lowest BCUT2D eigenvalue weighted by Crippen LogP contribution is -2.45. The van der Waals surface area contributed by atoms with Crippen LogP contribution in [0.4, 0.5) is 15.1 Å². The van der Waals surface area contributed by atoms with Gasteiger partial charge in [0.15, 0.2) is 0 Å². The van der Waals surface area contributed by atoms with Crippen LogP contribution in [0.15, 0.2) is 29.3 Å². The standard InChI is InChI=1S/C22H22FN5OS/c23-17-10-14(11-18-20(17)21-16(22(29)26-18)2-1-5-25-21)13-27-6-8-28(9-7-27)19-4-3-15(12-24)30-19/h3-4,10-11,16H,1-2,5-9,13H2,(H,26,29). The largest absolute Gasteiger partial charge is 0.361 e. The third-order valence-corrected chi connectivity index (χ3v) is 7.09. The molecule has 1 unspecified atom stereocenters. The summed E-state index contributed by atoms with van der Waals surface area (Å²) in [6, 6.07) is 9.54. The van der Waals surface area contributed by atoms with Gasteiger partial charge in [0.1, 0.15) is 16.8 Å². The number of carbonyl (C=O) groups is 1. The first-order valence-electron chi connectivity index (χ1n) is 10.3. The van der Waals surface area contributed by atoms with Crippen molar-refractivity contribution in [3.05, 3.63) is 46.1 Å². The fourth-order valence-corrected chi connectivity index (χ4v) is 5.38. The molecule has 8 heteroatoms. The van der Waals surface area contributed by atoms with Gasteiger partial charge in [-0.3, -0.25) is 14.7 Å². The molecule has 1 aromatic carbocycles. The lowest BCUT2D eigenvalue weighted by molar-refractivity contribution is -0.118. The smallest absolute Gasteiger partial charge is 0.233 e. The Bertz CT molecular complexity index is 1060. The summed E-state index contributed by atoms with van der Waals surface area (Å²) in [6.45, 7) is 4.75. The van der Waals surface area contributed by atoms with E-state index in [4.69, 9.17) is 5.26 Å². The summed E-state index contributed by atoms with van der Waals surface area (Å²) in [6.07, 6.45) is 1.60. The molecule has 0 saturated carbocycles. The molecule has 0 radical (unpaired) electrons. The number of carbonyl (C=O) groups excluding carboxylic acids is 1. The number of nitriles is 1. The maximum absolute atomic E-state index is 15.0. The molecule has 5 rings (SSSR count). The Morgan fingerprint density at radius 2 is 2.10 bits per heavy atom.